The molecule has 0 saturated heterocycles. The Morgan fingerprint density at radius 2 is 1.90 bits per heavy atom. The van der Waals surface area contributed by atoms with Crippen LogP contribution in [0.3, 0.4) is 0 Å². The second kappa shape index (κ2) is 2.72. The Morgan fingerprint density at radius 3 is 2.00 bits per heavy atom. The van der Waals surface area contributed by atoms with Gasteiger partial charge in [0.05, 0.1) is 0 Å². The summed E-state index contributed by atoms with van der Waals surface area (Å²) >= 11 is 0. The number of allylic oxidation sites excluding steroid dienone is 1. The van der Waals surface area contributed by atoms with Crippen molar-refractivity contribution < 1.29 is 18.0 Å². The van der Waals surface area contributed by atoms with Crippen molar-refractivity contribution in [3.05, 3.63) is 11.6 Å². The van der Waals surface area contributed by atoms with Crippen LogP contribution in [0.15, 0.2) is 11.6 Å². The quantitative estimate of drug-likeness (QED) is 0.560. The van der Waals surface area contributed by atoms with Gasteiger partial charge in [0.2, 0.25) is 5.91 Å². The van der Waals surface area contributed by atoms with Gasteiger partial charge in [0.15, 0.2) is 0 Å². The highest BCUT2D eigenvalue weighted by atomic mass is 19.4. The van der Waals surface area contributed by atoms with Gasteiger partial charge in [0.25, 0.3) is 0 Å². The molecule has 0 unspecified atom stereocenters. The van der Waals surface area contributed by atoms with E-state index >= 15 is 0 Å². The molecule has 0 fully saturated rings. The van der Waals surface area contributed by atoms with Crippen molar-refractivity contribution in [1.29, 1.82) is 0 Å². The first kappa shape index (κ1) is 9.00. The molecule has 0 bridgehead atoms. The second-order valence-corrected chi connectivity index (χ2v) is 1.73. The number of carbonyl (C=O) groups excluding carboxylic acids is 1. The number of carbonyl (C=O) groups is 1. The van der Waals surface area contributed by atoms with Crippen LogP contribution in [0, 0.1) is 0 Å². The first-order valence-electron chi connectivity index (χ1n) is 2.39. The van der Waals surface area contributed by atoms with Crippen LogP contribution in [-0.4, -0.2) is 12.1 Å². The molecular formula is C5H6F3NO. The standard InChI is InChI=1S/C5H6F3NO/c1-3(4(9)10)2-5(6,7)8/h2H,1H3,(H2,9,10). The minimum atomic E-state index is -4.46. The van der Waals surface area contributed by atoms with E-state index in [0.717, 1.165) is 6.92 Å². The molecule has 2 nitrogen and oxygen atoms in total. The van der Waals surface area contributed by atoms with Gasteiger partial charge in [-0.2, -0.15) is 13.2 Å². The fourth-order valence-corrected chi connectivity index (χ4v) is 0.317. The van der Waals surface area contributed by atoms with Gasteiger partial charge in [-0.1, -0.05) is 0 Å². The van der Waals surface area contributed by atoms with Crippen molar-refractivity contribution in [2.24, 2.45) is 5.73 Å². The lowest BCUT2D eigenvalue weighted by Gasteiger charge is -1.99. The van der Waals surface area contributed by atoms with E-state index in [1.807, 2.05) is 0 Å². The molecule has 0 radical (unpaired) electrons. The van der Waals surface area contributed by atoms with E-state index in [4.69, 9.17) is 0 Å². The molecule has 0 aromatic heterocycles. The van der Waals surface area contributed by atoms with Gasteiger partial charge in [-0.25, -0.2) is 0 Å². The summed E-state index contributed by atoms with van der Waals surface area (Å²) in [7, 11) is 0. The maximum atomic E-state index is 11.4. The van der Waals surface area contributed by atoms with E-state index in [2.05, 4.69) is 5.73 Å². The summed E-state index contributed by atoms with van der Waals surface area (Å²) in [6, 6.07) is 0. The smallest absolute Gasteiger partial charge is 0.366 e. The topological polar surface area (TPSA) is 43.1 Å². The number of rotatable bonds is 1. The Labute approximate surface area is 55.5 Å². The normalized spacial score (nSPS) is 13.4. The molecule has 0 aliphatic carbocycles. The zero-order valence-corrected chi connectivity index (χ0v) is 5.20. The predicted molar refractivity (Wildman–Crippen MR) is 29.0 cm³/mol. The highest BCUT2D eigenvalue weighted by Crippen LogP contribution is 2.17. The first-order valence-corrected chi connectivity index (χ1v) is 2.39. The molecular weight excluding hydrogens is 147 g/mol. The maximum absolute atomic E-state index is 11.4. The predicted octanol–water partition coefficient (Wildman–Crippen LogP) is 0.980. The van der Waals surface area contributed by atoms with E-state index in [0.29, 0.717) is 0 Å². The summed E-state index contributed by atoms with van der Waals surface area (Å²) in [6.07, 6.45) is -4.59. The number of nitrogens with two attached hydrogens (primary N) is 1. The third-order valence-electron chi connectivity index (χ3n) is 0.769. The zero-order chi connectivity index (χ0) is 8.36. The largest absolute Gasteiger partial charge is 0.410 e. The molecule has 5 heteroatoms. The highest BCUT2D eigenvalue weighted by molar-refractivity contribution is 5.91. The minimum absolute atomic E-state index is 0.130. The average molecular weight is 153 g/mol. The van der Waals surface area contributed by atoms with Crippen LogP contribution in [0.2, 0.25) is 0 Å². The number of amides is 1. The van der Waals surface area contributed by atoms with Gasteiger partial charge in [-0.15, -0.1) is 0 Å². The molecule has 1 amide bonds. The third kappa shape index (κ3) is 3.94. The molecule has 0 aromatic rings. The molecule has 58 valence electrons. The van der Waals surface area contributed by atoms with Gasteiger partial charge < -0.3 is 5.73 Å². The summed E-state index contributed by atoms with van der Waals surface area (Å²) in [4.78, 5) is 10.0. The summed E-state index contributed by atoms with van der Waals surface area (Å²) in [5.41, 5.74) is 4.04. The molecule has 0 aromatic carbocycles. The summed E-state index contributed by atoms with van der Waals surface area (Å²) in [6.45, 7) is 1.01. The Kier molecular flexibility index (Phi) is 2.45. The van der Waals surface area contributed by atoms with Crippen molar-refractivity contribution in [3.63, 3.8) is 0 Å². The van der Waals surface area contributed by atoms with Crippen LogP contribution in [0.4, 0.5) is 13.2 Å². The molecule has 10 heavy (non-hydrogen) atoms. The Hall–Kier alpha value is -1.00. The van der Waals surface area contributed by atoms with Crippen molar-refractivity contribution in [3.8, 4) is 0 Å². The summed E-state index contributed by atoms with van der Waals surface area (Å²) in [5, 5.41) is 0. The van der Waals surface area contributed by atoms with E-state index in [1.54, 1.807) is 0 Å². The van der Waals surface area contributed by atoms with E-state index in [1.165, 1.54) is 0 Å². The average Bonchev–Trinajstić information content (AvgIpc) is 1.60. The first-order chi connectivity index (χ1) is 4.33. The lowest BCUT2D eigenvalue weighted by Crippen LogP contribution is -2.15. The number of hydrogen-bond acceptors (Lipinski definition) is 1. The fraction of sp³-hybridized carbons (Fsp3) is 0.400. The molecule has 0 aliphatic heterocycles. The van der Waals surface area contributed by atoms with Crippen molar-refractivity contribution >= 4 is 5.91 Å². The van der Waals surface area contributed by atoms with Gasteiger partial charge >= 0.3 is 6.18 Å². The zero-order valence-electron chi connectivity index (χ0n) is 5.20. The second-order valence-electron chi connectivity index (χ2n) is 1.73. The molecule has 2 N–H and O–H groups in total. The minimum Gasteiger partial charge on any atom is -0.366 e. The fourth-order valence-electron chi connectivity index (χ4n) is 0.317. The Morgan fingerprint density at radius 1 is 1.50 bits per heavy atom. The van der Waals surface area contributed by atoms with Crippen molar-refractivity contribution in [2.75, 3.05) is 0 Å². The van der Waals surface area contributed by atoms with Crippen LogP contribution in [0.25, 0.3) is 0 Å². The van der Waals surface area contributed by atoms with Crippen LogP contribution in [0.1, 0.15) is 6.92 Å². The van der Waals surface area contributed by atoms with Gasteiger partial charge in [-0.3, -0.25) is 4.79 Å². The molecule has 0 atom stereocenters. The van der Waals surface area contributed by atoms with Crippen molar-refractivity contribution in [1.82, 2.24) is 0 Å². The maximum Gasteiger partial charge on any atom is 0.410 e. The van der Waals surface area contributed by atoms with Crippen LogP contribution in [0.5, 0.6) is 0 Å². The monoisotopic (exact) mass is 153 g/mol. The highest BCUT2D eigenvalue weighted by Gasteiger charge is 2.24. The Balaban J connectivity index is 4.32. The number of primary amides is 1. The number of hydrogen-bond donors (Lipinski definition) is 1. The van der Waals surface area contributed by atoms with Crippen LogP contribution < -0.4 is 5.73 Å². The molecule has 0 spiro atoms. The van der Waals surface area contributed by atoms with E-state index in [9.17, 15) is 18.0 Å². The van der Waals surface area contributed by atoms with Crippen LogP contribution >= 0.6 is 0 Å². The van der Waals surface area contributed by atoms with Gasteiger partial charge in [0, 0.05) is 11.6 Å². The lowest BCUT2D eigenvalue weighted by molar-refractivity contribution is -0.115. The molecule has 0 heterocycles. The molecule has 0 aliphatic rings. The summed E-state index contributed by atoms with van der Waals surface area (Å²) in [5.74, 6) is -1.06. The molecule has 0 rings (SSSR count). The van der Waals surface area contributed by atoms with Gasteiger partial charge in [-0.05, 0) is 6.92 Å². The van der Waals surface area contributed by atoms with E-state index in [-0.39, 0.29) is 6.08 Å². The number of halogens is 3. The third-order valence-corrected chi connectivity index (χ3v) is 0.769. The molecule has 0 saturated carbocycles. The Bertz CT molecular complexity index is 170. The summed E-state index contributed by atoms with van der Waals surface area (Å²) < 4.78 is 34.1. The number of alkyl halides is 3. The van der Waals surface area contributed by atoms with Crippen molar-refractivity contribution in [2.45, 2.75) is 13.1 Å². The van der Waals surface area contributed by atoms with Crippen LogP contribution in [-0.2, 0) is 4.79 Å². The lowest BCUT2D eigenvalue weighted by atomic mass is 10.3. The van der Waals surface area contributed by atoms with E-state index < -0.39 is 17.7 Å². The SMILES string of the molecule is CC(=CC(F)(F)F)C(N)=O. The van der Waals surface area contributed by atoms with Gasteiger partial charge in [0.1, 0.15) is 0 Å².